The molecule has 0 bridgehead atoms. The first-order valence-electron chi connectivity index (χ1n) is 44.0. The zero-order valence-electron chi connectivity index (χ0n) is 79.8. The van der Waals surface area contributed by atoms with E-state index in [0.717, 1.165) is 135 Å². The molecular weight excluding hydrogens is 1460 g/mol. The topological polar surface area (TPSA) is 45.0 Å². The van der Waals surface area contributed by atoms with Crippen molar-refractivity contribution >= 4 is 47.5 Å². The summed E-state index contributed by atoms with van der Waals surface area (Å²) in [5, 5.41) is 3.39. The average Bonchev–Trinajstić information content (AvgIpc) is 0.817. The maximum Gasteiger partial charge on any atom is 0.119 e. The number of nitrogens with zero attached hydrogens (tertiary/aromatic N) is 3. The summed E-state index contributed by atoms with van der Waals surface area (Å²) in [7, 11) is -1.55. The molecule has 0 saturated heterocycles. The Kier molecular flexibility index (Phi) is 39.7. The number of aryl methyl sites for hydroxylation is 3. The summed E-state index contributed by atoms with van der Waals surface area (Å²) in [6.07, 6.45) is 25.2. The lowest BCUT2D eigenvalue weighted by Crippen LogP contribution is -2.38. The molecule has 4 aromatic carbocycles. The molecule has 0 heterocycles. The van der Waals surface area contributed by atoms with E-state index in [1.54, 1.807) is 0 Å². The van der Waals surface area contributed by atoms with Crippen LogP contribution in [0.1, 0.15) is 352 Å². The maximum absolute atomic E-state index is 6.52. The molecule has 4 rings (SSSR count). The molecule has 2 N–H and O–H groups in total. The van der Waals surface area contributed by atoms with Crippen molar-refractivity contribution in [1.29, 1.82) is 0 Å². The Balaban J connectivity index is 1.75. The van der Waals surface area contributed by atoms with E-state index in [-0.39, 0.29) is 115 Å². The SMILES string of the molecule is CC(C)(C)P(CN(CCc1ccc(CCCC(CCCc2ccc(CCN(CP(C(C)(C)C)C(C)(C)C)CP(C(C)(C)C)C(C)(C)C)cc2)(CCCc2ccc(CCN(CP(C(C)(C)C)C(C)(C)C)CP(C(C)(C)C)C(C)(C)C)cc2)c2ccc(OCCCCCCN)cc2)cc1)CP(C(C)(C)C)C(C)(C)C)C(C)(C)C. The minimum Gasteiger partial charge on any atom is -0.494 e. The molecule has 0 atom stereocenters. The lowest BCUT2D eigenvalue weighted by atomic mass is 9.69. The number of rotatable bonds is 41. The second kappa shape index (κ2) is 43.0. The molecule has 0 amide bonds. The van der Waals surface area contributed by atoms with Crippen molar-refractivity contribution < 1.29 is 4.74 Å². The van der Waals surface area contributed by atoms with Gasteiger partial charge in [-0.1, -0.05) is 395 Å². The Morgan fingerprint density at radius 2 is 0.441 bits per heavy atom. The normalized spacial score (nSPS) is 14.3. The van der Waals surface area contributed by atoms with Crippen LogP contribution < -0.4 is 10.5 Å². The van der Waals surface area contributed by atoms with Gasteiger partial charge in [0.2, 0.25) is 0 Å². The van der Waals surface area contributed by atoms with Gasteiger partial charge in [-0.2, -0.15) is 0 Å². The minimum atomic E-state index is -0.258. The number of nitrogens with two attached hydrogens (primary N) is 1. The molecule has 0 unspecified atom stereocenters. The summed E-state index contributed by atoms with van der Waals surface area (Å²) in [4.78, 5) is 8.79. The predicted octanol–water partition coefficient (Wildman–Crippen LogP) is 30.6. The van der Waals surface area contributed by atoms with E-state index in [1.165, 1.54) is 83.1 Å². The molecule has 0 aliphatic carbocycles. The van der Waals surface area contributed by atoms with Crippen molar-refractivity contribution in [3.8, 4) is 5.75 Å². The van der Waals surface area contributed by atoms with Crippen LogP contribution in [-0.2, 0) is 43.9 Å². The van der Waals surface area contributed by atoms with Gasteiger partial charge in [0.15, 0.2) is 0 Å². The Morgan fingerprint density at radius 3 is 0.640 bits per heavy atom. The van der Waals surface area contributed by atoms with E-state index in [2.05, 4.69) is 361 Å². The third kappa shape index (κ3) is 36.5. The summed E-state index contributed by atoms with van der Waals surface area (Å²) in [6.45, 7) is 95.0. The Hall–Kier alpha value is -0.900. The van der Waals surface area contributed by atoms with E-state index >= 15 is 0 Å². The summed E-state index contributed by atoms with van der Waals surface area (Å²) < 4.78 is 6.52. The molecule has 636 valence electrons. The van der Waals surface area contributed by atoms with Crippen LogP contribution in [0.5, 0.6) is 5.75 Å². The van der Waals surface area contributed by atoms with Crippen LogP contribution in [0.4, 0.5) is 0 Å². The van der Waals surface area contributed by atoms with Gasteiger partial charge in [0, 0.05) is 57.3 Å². The number of ether oxygens (including phenoxy) is 1. The molecule has 4 aromatic rings. The maximum atomic E-state index is 6.52. The quantitative estimate of drug-likeness (QED) is 0.0354. The molecule has 0 aliphatic heterocycles. The molecular formula is C100H180N4OP6. The van der Waals surface area contributed by atoms with Gasteiger partial charge in [-0.25, -0.2) is 0 Å². The smallest absolute Gasteiger partial charge is 0.119 e. The largest absolute Gasteiger partial charge is 0.494 e. The van der Waals surface area contributed by atoms with Gasteiger partial charge in [-0.15, -0.1) is 0 Å². The molecule has 0 aliphatic rings. The average molecular weight is 1640 g/mol. The number of hydrogen-bond acceptors (Lipinski definition) is 5. The minimum absolute atomic E-state index is 0.00798. The zero-order valence-corrected chi connectivity index (χ0v) is 85.2. The summed E-state index contributed by atoms with van der Waals surface area (Å²) in [5.74, 6) is 0.997. The van der Waals surface area contributed by atoms with Crippen LogP contribution in [-0.4, -0.2) is 147 Å². The molecule has 0 fully saturated rings. The second-order valence-corrected chi connectivity index (χ2v) is 68.7. The molecule has 0 radical (unpaired) electrons. The van der Waals surface area contributed by atoms with Crippen molar-refractivity contribution in [3.63, 3.8) is 0 Å². The highest BCUT2D eigenvalue weighted by molar-refractivity contribution is 7.63. The molecule has 0 spiro atoms. The summed E-state index contributed by atoms with van der Waals surface area (Å²) in [6, 6.07) is 39.5. The van der Waals surface area contributed by atoms with Gasteiger partial charge in [0.1, 0.15) is 5.75 Å². The summed E-state index contributed by atoms with van der Waals surface area (Å²) >= 11 is 0. The molecule has 111 heavy (non-hydrogen) atoms. The van der Waals surface area contributed by atoms with Crippen LogP contribution in [0.3, 0.4) is 0 Å². The van der Waals surface area contributed by atoms with Gasteiger partial charge in [-0.3, -0.25) is 14.7 Å². The van der Waals surface area contributed by atoms with Crippen molar-refractivity contribution in [2.45, 2.75) is 419 Å². The van der Waals surface area contributed by atoms with Crippen LogP contribution in [0.25, 0.3) is 0 Å². The predicted molar refractivity (Wildman–Crippen MR) is 518 cm³/mol. The highest BCUT2D eigenvalue weighted by Crippen LogP contribution is 2.66. The molecule has 0 saturated carbocycles. The lowest BCUT2D eigenvalue weighted by Gasteiger charge is -2.48. The highest BCUT2D eigenvalue weighted by Gasteiger charge is 2.44. The zero-order chi connectivity index (χ0) is 84.4. The Bertz CT molecular complexity index is 2750. The molecule has 11 heteroatoms. The number of unbranched alkanes of at least 4 members (excludes halogenated alkanes) is 3. The molecule has 5 nitrogen and oxygen atoms in total. The van der Waals surface area contributed by atoms with E-state index in [4.69, 9.17) is 10.5 Å². The third-order valence-electron chi connectivity index (χ3n) is 23.2. The van der Waals surface area contributed by atoms with Crippen molar-refractivity contribution in [2.24, 2.45) is 5.73 Å². The third-order valence-corrected chi connectivity index (χ3v) is 46.7. The first-order chi connectivity index (χ1) is 50.5. The second-order valence-electron chi connectivity index (χ2n) is 45.8. The monoisotopic (exact) mass is 1640 g/mol. The Labute approximate surface area is 699 Å². The van der Waals surface area contributed by atoms with Crippen molar-refractivity contribution in [2.75, 3.05) is 70.5 Å². The van der Waals surface area contributed by atoms with Gasteiger partial charge in [0.25, 0.3) is 0 Å². The van der Waals surface area contributed by atoms with E-state index < -0.39 is 0 Å². The van der Waals surface area contributed by atoms with Gasteiger partial charge in [0.05, 0.1) is 6.61 Å². The fraction of sp³-hybridized carbons (Fsp3) is 0.760. The molecule has 0 aromatic heterocycles. The Morgan fingerprint density at radius 1 is 0.243 bits per heavy atom. The van der Waals surface area contributed by atoms with Crippen LogP contribution >= 0.6 is 47.5 Å². The summed E-state index contributed by atoms with van der Waals surface area (Å²) in [5.41, 5.74) is 16.2. The standard InChI is InChI=1S/C100H180N4OP6/c1-88(2,3)106(89(4,5)6)74-102(75-107(90(7,8)9)91(10,11)12)70-63-83-53-47-80(48-54-83)44-41-66-100(86-59-61-87(62-60-86)105-73-40-38-37-39-69-101,67-42-45-81-49-55-84(56-50-81)64-71-103(76-108(92(13,14)15)93(16,17)18)77-109(94(19,20)21)95(22,23)24)68-43-46-82-51-57-85(58-52-82)65-72-104(78-110(96(25,26)27)97(28,29)30)79-111(98(31,32)33)99(34,35)36/h47-62H,37-46,63-79,101H2,1-36H3. The first kappa shape index (κ1) is 102. The highest BCUT2D eigenvalue weighted by atomic mass is 31.1. The van der Waals surface area contributed by atoms with Crippen molar-refractivity contribution in [3.05, 3.63) is 136 Å². The number of benzene rings is 4. The number of hydrogen-bond donors (Lipinski definition) is 1. The fourth-order valence-electron chi connectivity index (χ4n) is 18.2. The first-order valence-corrected chi connectivity index (χ1v) is 53.2. The fourth-order valence-corrected chi connectivity index (χ4v) is 39.7. The van der Waals surface area contributed by atoms with E-state index in [1.807, 2.05) is 0 Å². The van der Waals surface area contributed by atoms with Gasteiger partial charge >= 0.3 is 0 Å². The van der Waals surface area contributed by atoms with Crippen LogP contribution in [0.15, 0.2) is 97.1 Å². The van der Waals surface area contributed by atoms with E-state index in [9.17, 15) is 0 Å². The van der Waals surface area contributed by atoms with Crippen LogP contribution in [0, 0.1) is 0 Å². The van der Waals surface area contributed by atoms with E-state index in [0.29, 0.717) is 0 Å². The van der Waals surface area contributed by atoms with Gasteiger partial charge in [-0.05, 0) is 215 Å². The van der Waals surface area contributed by atoms with Crippen molar-refractivity contribution in [1.82, 2.24) is 14.7 Å². The van der Waals surface area contributed by atoms with Crippen LogP contribution in [0.2, 0.25) is 0 Å². The lowest BCUT2D eigenvalue weighted by molar-refractivity contribution is 0.301. The van der Waals surface area contributed by atoms with Gasteiger partial charge < -0.3 is 10.5 Å².